The van der Waals surface area contributed by atoms with Gasteiger partial charge in [-0.25, -0.2) is 4.98 Å². The SMILES string of the molecule is CCN1CCC(CNc2nc(-c3ccc(C(Cl)(Cl)Cl)cc3)nc(C(Cl)(Cl)Cl)n2)C1. The lowest BCUT2D eigenvalue weighted by Crippen LogP contribution is -2.23. The number of hydrogen-bond acceptors (Lipinski definition) is 5. The van der Waals surface area contributed by atoms with Crippen LogP contribution in [0.1, 0.15) is 24.7 Å². The van der Waals surface area contributed by atoms with E-state index in [1.807, 2.05) is 0 Å². The van der Waals surface area contributed by atoms with Gasteiger partial charge in [-0.05, 0) is 25.4 Å². The molecule has 3 rings (SSSR count). The molecule has 0 saturated carbocycles. The van der Waals surface area contributed by atoms with E-state index in [2.05, 4.69) is 32.1 Å². The predicted molar refractivity (Wildman–Crippen MR) is 122 cm³/mol. The van der Waals surface area contributed by atoms with E-state index in [1.54, 1.807) is 24.3 Å². The Kier molecular flexibility index (Phi) is 7.64. The average Bonchev–Trinajstić information content (AvgIpc) is 3.13. The van der Waals surface area contributed by atoms with Gasteiger partial charge in [0.05, 0.1) is 0 Å². The number of nitrogens with one attached hydrogen (secondary N) is 1. The summed E-state index contributed by atoms with van der Waals surface area (Å²) in [5.74, 6) is 1.27. The Morgan fingerprint density at radius 2 is 1.69 bits per heavy atom. The fourth-order valence-electron chi connectivity index (χ4n) is 3.12. The molecule has 1 saturated heterocycles. The van der Waals surface area contributed by atoms with Crippen molar-refractivity contribution in [3.8, 4) is 11.4 Å². The van der Waals surface area contributed by atoms with Crippen molar-refractivity contribution in [3.63, 3.8) is 0 Å². The molecule has 2 aromatic rings. The van der Waals surface area contributed by atoms with Crippen molar-refractivity contribution in [3.05, 3.63) is 35.7 Å². The van der Waals surface area contributed by atoms with Crippen LogP contribution in [0.15, 0.2) is 24.3 Å². The Morgan fingerprint density at radius 1 is 1.00 bits per heavy atom. The Balaban J connectivity index is 1.84. The number of hydrogen-bond donors (Lipinski definition) is 1. The summed E-state index contributed by atoms with van der Waals surface area (Å²) in [7, 11) is 0. The smallest absolute Gasteiger partial charge is 0.250 e. The molecule has 1 atom stereocenters. The zero-order chi connectivity index (χ0) is 21.2. The molecule has 1 aromatic heterocycles. The van der Waals surface area contributed by atoms with Crippen LogP contribution in [-0.2, 0) is 7.59 Å². The molecule has 1 unspecified atom stereocenters. The van der Waals surface area contributed by atoms with E-state index in [1.165, 1.54) is 0 Å². The van der Waals surface area contributed by atoms with Gasteiger partial charge in [0.2, 0.25) is 13.5 Å². The molecule has 158 valence electrons. The highest BCUT2D eigenvalue weighted by Gasteiger charge is 2.29. The third-order valence-corrected chi connectivity index (χ3v) is 5.89. The minimum absolute atomic E-state index is 0.0436. The zero-order valence-corrected chi connectivity index (χ0v) is 20.0. The summed E-state index contributed by atoms with van der Waals surface area (Å²) in [5.41, 5.74) is 1.21. The topological polar surface area (TPSA) is 53.9 Å². The Hall–Kier alpha value is -0.270. The van der Waals surface area contributed by atoms with Crippen molar-refractivity contribution in [2.75, 3.05) is 31.5 Å². The molecule has 1 fully saturated rings. The fourth-order valence-corrected chi connectivity index (χ4v) is 3.75. The molecule has 1 aliphatic rings. The van der Waals surface area contributed by atoms with E-state index >= 15 is 0 Å². The largest absolute Gasteiger partial charge is 0.354 e. The number of likely N-dealkylation sites (tertiary alicyclic amines) is 1. The third-order valence-electron chi connectivity index (χ3n) is 4.73. The minimum Gasteiger partial charge on any atom is -0.354 e. The van der Waals surface area contributed by atoms with Crippen molar-refractivity contribution in [2.24, 2.45) is 5.92 Å². The van der Waals surface area contributed by atoms with Gasteiger partial charge in [0.1, 0.15) is 0 Å². The molecule has 2 heterocycles. The number of nitrogens with zero attached hydrogens (tertiary/aromatic N) is 4. The lowest BCUT2D eigenvalue weighted by molar-refractivity contribution is 0.345. The fraction of sp³-hybridized carbons (Fsp3) is 0.500. The second-order valence-corrected chi connectivity index (χ2v) is 11.4. The van der Waals surface area contributed by atoms with Gasteiger partial charge in [0, 0.05) is 24.2 Å². The van der Waals surface area contributed by atoms with E-state index in [0.717, 1.165) is 32.6 Å². The quantitative estimate of drug-likeness (QED) is 0.497. The molecule has 1 N–H and O–H groups in total. The molecule has 0 radical (unpaired) electrons. The van der Waals surface area contributed by atoms with Gasteiger partial charge in [-0.1, -0.05) is 101 Å². The van der Waals surface area contributed by atoms with Gasteiger partial charge in [-0.3, -0.25) is 0 Å². The lowest BCUT2D eigenvalue weighted by Gasteiger charge is -2.16. The van der Waals surface area contributed by atoms with E-state index in [4.69, 9.17) is 69.6 Å². The number of aromatic nitrogens is 3. The van der Waals surface area contributed by atoms with Crippen LogP contribution in [0.4, 0.5) is 5.95 Å². The van der Waals surface area contributed by atoms with Crippen molar-refractivity contribution in [1.29, 1.82) is 0 Å². The maximum absolute atomic E-state index is 6.03. The standard InChI is InChI=1S/C18H19Cl6N5/c1-2-29-8-7-11(10-29)9-25-16-27-14(26-15(28-16)18(22,23)24)12-3-5-13(6-4-12)17(19,20)21/h3-6,11H,2,7-10H2,1H3,(H,25,26,27,28). The van der Waals surface area contributed by atoms with Crippen LogP contribution >= 0.6 is 69.6 Å². The summed E-state index contributed by atoms with van der Waals surface area (Å²) >= 11 is 35.8. The van der Waals surface area contributed by atoms with Crippen LogP contribution in [0.25, 0.3) is 11.4 Å². The second-order valence-electron chi connectivity index (χ2n) is 6.81. The number of benzene rings is 1. The monoisotopic (exact) mass is 515 g/mol. The first kappa shape index (κ1) is 23.4. The molecule has 11 heteroatoms. The third kappa shape index (κ3) is 6.36. The van der Waals surface area contributed by atoms with E-state index < -0.39 is 7.59 Å². The summed E-state index contributed by atoms with van der Waals surface area (Å²) in [5, 5.41) is 3.26. The molecule has 1 aromatic carbocycles. The molecule has 0 spiro atoms. The summed E-state index contributed by atoms with van der Waals surface area (Å²) in [4.78, 5) is 15.5. The number of halogens is 6. The lowest BCUT2D eigenvalue weighted by atomic mass is 10.1. The summed E-state index contributed by atoms with van der Waals surface area (Å²) < 4.78 is -3.29. The molecule has 29 heavy (non-hydrogen) atoms. The normalized spacial score (nSPS) is 18.2. The van der Waals surface area contributed by atoms with Crippen molar-refractivity contribution >= 4 is 75.6 Å². The molecule has 0 aliphatic carbocycles. The molecule has 5 nitrogen and oxygen atoms in total. The molecular weight excluding hydrogens is 499 g/mol. The Morgan fingerprint density at radius 3 is 2.24 bits per heavy atom. The zero-order valence-electron chi connectivity index (χ0n) is 15.5. The molecular formula is C18H19Cl6N5. The first-order valence-corrected chi connectivity index (χ1v) is 11.3. The van der Waals surface area contributed by atoms with Crippen LogP contribution in [0.2, 0.25) is 0 Å². The van der Waals surface area contributed by atoms with Gasteiger partial charge in [0.25, 0.3) is 0 Å². The summed E-state index contributed by atoms with van der Waals surface area (Å²) in [6, 6.07) is 6.86. The average molecular weight is 518 g/mol. The maximum atomic E-state index is 6.03. The Bertz CT molecular complexity index is 834. The van der Waals surface area contributed by atoms with E-state index in [-0.39, 0.29) is 5.82 Å². The first-order chi connectivity index (χ1) is 13.6. The van der Waals surface area contributed by atoms with Gasteiger partial charge < -0.3 is 10.2 Å². The highest BCUT2D eigenvalue weighted by Crippen LogP contribution is 2.39. The van der Waals surface area contributed by atoms with Crippen LogP contribution in [0.5, 0.6) is 0 Å². The molecule has 0 amide bonds. The van der Waals surface area contributed by atoms with Gasteiger partial charge in [-0.2, -0.15) is 9.97 Å². The van der Waals surface area contributed by atoms with Gasteiger partial charge in [0.15, 0.2) is 11.6 Å². The highest BCUT2D eigenvalue weighted by molar-refractivity contribution is 6.67. The van der Waals surface area contributed by atoms with Gasteiger partial charge >= 0.3 is 0 Å². The maximum Gasteiger partial charge on any atom is 0.250 e. The highest BCUT2D eigenvalue weighted by atomic mass is 35.6. The van der Waals surface area contributed by atoms with E-state index in [9.17, 15) is 0 Å². The van der Waals surface area contributed by atoms with E-state index in [0.29, 0.717) is 28.8 Å². The van der Waals surface area contributed by atoms with Crippen LogP contribution in [0, 0.1) is 5.92 Å². The summed E-state index contributed by atoms with van der Waals surface area (Å²) in [6.45, 7) is 6.08. The number of alkyl halides is 6. The Labute approximate surface area is 200 Å². The second kappa shape index (κ2) is 9.47. The molecule has 0 bridgehead atoms. The number of rotatable bonds is 5. The molecule has 1 aliphatic heterocycles. The van der Waals surface area contributed by atoms with Crippen LogP contribution in [0.3, 0.4) is 0 Å². The van der Waals surface area contributed by atoms with Crippen molar-refractivity contribution in [1.82, 2.24) is 19.9 Å². The number of anilines is 1. The van der Waals surface area contributed by atoms with Crippen molar-refractivity contribution < 1.29 is 0 Å². The van der Waals surface area contributed by atoms with Crippen LogP contribution < -0.4 is 5.32 Å². The minimum atomic E-state index is -1.78. The van der Waals surface area contributed by atoms with Crippen LogP contribution in [-0.4, -0.2) is 46.0 Å². The van der Waals surface area contributed by atoms with Crippen molar-refractivity contribution in [2.45, 2.75) is 20.9 Å². The first-order valence-electron chi connectivity index (χ1n) is 9.03. The predicted octanol–water partition coefficient (Wildman–Crippen LogP) is 5.95. The summed E-state index contributed by atoms with van der Waals surface area (Å²) in [6.07, 6.45) is 1.12. The van der Waals surface area contributed by atoms with Gasteiger partial charge in [-0.15, -0.1) is 0 Å².